The maximum Gasteiger partial charge on any atom is 0.178 e. The lowest BCUT2D eigenvalue weighted by Crippen LogP contribution is -2.06. The minimum Gasteiger partial charge on any atom is -0.459 e. The van der Waals surface area contributed by atoms with E-state index in [9.17, 15) is 0 Å². The predicted octanol–water partition coefficient (Wildman–Crippen LogP) is 11.5. The van der Waals surface area contributed by atoms with Gasteiger partial charge in [0.05, 0.1) is 5.52 Å². The molecule has 230 valence electrons. The Hall–Kier alpha value is -6.17. The van der Waals surface area contributed by atoms with Crippen molar-refractivity contribution in [2.75, 3.05) is 0 Å². The van der Waals surface area contributed by atoms with Gasteiger partial charge in [0.1, 0.15) is 22.9 Å². The monoisotopic (exact) mass is 645 g/mol. The van der Waals surface area contributed by atoms with E-state index < -0.39 is 0 Å². The fourth-order valence-corrected chi connectivity index (χ4v) is 8.73. The van der Waals surface area contributed by atoms with E-state index >= 15 is 0 Å². The third-order valence-corrected chi connectivity index (χ3v) is 10.8. The van der Waals surface area contributed by atoms with E-state index in [0.717, 1.165) is 60.8 Å². The first kappa shape index (κ1) is 27.9. The summed E-state index contributed by atoms with van der Waals surface area (Å²) in [6.45, 7) is 4.11. The smallest absolute Gasteiger partial charge is 0.178 e. The molecule has 2 aromatic heterocycles. The highest BCUT2D eigenvalue weighted by molar-refractivity contribution is 7.27. The molecule has 0 bridgehead atoms. The van der Waals surface area contributed by atoms with Crippen LogP contribution in [0.25, 0.3) is 69.1 Å². The normalized spacial score (nSPS) is 14.2. The van der Waals surface area contributed by atoms with Gasteiger partial charge in [0.2, 0.25) is 0 Å². The number of fused-ring (bicyclic) bond motifs is 12. The molecule has 1 aliphatic rings. The summed E-state index contributed by atoms with van der Waals surface area (Å²) in [5.74, 6) is 2.09. The van der Waals surface area contributed by atoms with Crippen molar-refractivity contribution < 1.29 is 4.74 Å². The van der Waals surface area contributed by atoms with E-state index in [1.165, 1.54) is 30.9 Å². The Balaban J connectivity index is 1.36. The second-order valence-electron chi connectivity index (χ2n) is 12.4. The zero-order valence-electron chi connectivity index (χ0n) is 26.4. The third-order valence-electron chi connectivity index (χ3n) is 9.62. The lowest BCUT2D eigenvalue weighted by Gasteiger charge is -2.16. The number of pyridine rings is 1. The van der Waals surface area contributed by atoms with Gasteiger partial charge in [0.25, 0.3) is 0 Å². The molecule has 0 amide bonds. The molecule has 0 radical (unpaired) electrons. The molecular formula is C44H27N3OS. The molecule has 7 aromatic carbocycles. The molecule has 9 aromatic rings. The van der Waals surface area contributed by atoms with E-state index in [2.05, 4.69) is 133 Å². The van der Waals surface area contributed by atoms with Crippen LogP contribution in [0.3, 0.4) is 0 Å². The van der Waals surface area contributed by atoms with Crippen LogP contribution in [0.4, 0.5) is 0 Å². The van der Waals surface area contributed by atoms with Gasteiger partial charge < -0.3 is 4.74 Å². The molecule has 0 unspecified atom stereocenters. The van der Waals surface area contributed by atoms with Crippen LogP contribution in [-0.4, -0.2) is 17.5 Å². The minimum absolute atomic E-state index is 0.456. The molecule has 0 N–H and O–H groups in total. The first-order chi connectivity index (χ1) is 24.3. The quantitative estimate of drug-likeness (QED) is 0.109. The van der Waals surface area contributed by atoms with E-state index in [4.69, 9.17) is 14.7 Å². The summed E-state index contributed by atoms with van der Waals surface area (Å²) in [6, 6.07) is 48.6. The minimum atomic E-state index is 0.456. The zero-order valence-corrected chi connectivity index (χ0v) is 27.2. The number of thiophene rings is 1. The van der Waals surface area contributed by atoms with Crippen LogP contribution >= 0.6 is 11.3 Å². The van der Waals surface area contributed by atoms with Crippen LogP contribution in [0.1, 0.15) is 16.8 Å². The van der Waals surface area contributed by atoms with Crippen LogP contribution in [0.5, 0.6) is 5.75 Å². The summed E-state index contributed by atoms with van der Waals surface area (Å²) in [5, 5.41) is 10.3. The van der Waals surface area contributed by atoms with Gasteiger partial charge in [-0.3, -0.25) is 0 Å². The van der Waals surface area contributed by atoms with Crippen molar-refractivity contribution in [3.63, 3.8) is 0 Å². The van der Waals surface area contributed by atoms with Crippen molar-refractivity contribution in [1.82, 2.24) is 4.98 Å². The summed E-state index contributed by atoms with van der Waals surface area (Å²) in [4.78, 5) is 15.5. The van der Waals surface area contributed by atoms with E-state index in [1.807, 2.05) is 29.5 Å². The number of hydrogen-bond donors (Lipinski definition) is 0. The molecule has 0 saturated heterocycles. The van der Waals surface area contributed by atoms with E-state index in [0.29, 0.717) is 18.0 Å². The summed E-state index contributed by atoms with van der Waals surface area (Å²) >= 11 is 1.82. The van der Waals surface area contributed by atoms with Crippen molar-refractivity contribution in [2.24, 2.45) is 9.98 Å². The van der Waals surface area contributed by atoms with Gasteiger partial charge in [0, 0.05) is 59.3 Å². The summed E-state index contributed by atoms with van der Waals surface area (Å²) in [6.07, 6.45) is 0.624. The van der Waals surface area contributed by atoms with Crippen molar-refractivity contribution in [3.8, 4) is 5.75 Å². The Bertz CT molecular complexity index is 2880. The first-order valence-electron chi connectivity index (χ1n) is 16.3. The van der Waals surface area contributed by atoms with Crippen LogP contribution in [-0.2, 0) is 6.42 Å². The lowest BCUT2D eigenvalue weighted by atomic mass is 9.93. The number of hydrogen-bond acceptors (Lipinski definition) is 4. The fourth-order valence-electron chi connectivity index (χ4n) is 7.48. The maximum absolute atomic E-state index is 6.58. The van der Waals surface area contributed by atoms with Gasteiger partial charge in [-0.15, -0.1) is 11.3 Å². The molecule has 0 saturated carbocycles. The molecule has 0 atom stereocenters. The number of benzene rings is 7. The Labute approximate surface area is 286 Å². The highest BCUT2D eigenvalue weighted by Crippen LogP contribution is 2.47. The fraction of sp³-hybridized carbons (Fsp3) is 0.0227. The second kappa shape index (κ2) is 10.9. The molecule has 0 spiro atoms. The van der Waals surface area contributed by atoms with Gasteiger partial charge in [-0.2, -0.15) is 0 Å². The molecule has 0 aliphatic carbocycles. The van der Waals surface area contributed by atoms with Crippen molar-refractivity contribution in [2.45, 2.75) is 6.42 Å². The number of nitrogens with zero attached hydrogens (tertiary/aromatic N) is 3. The van der Waals surface area contributed by atoms with Crippen molar-refractivity contribution >= 4 is 93.0 Å². The van der Waals surface area contributed by atoms with Gasteiger partial charge in [-0.05, 0) is 41.1 Å². The van der Waals surface area contributed by atoms with Crippen LogP contribution in [0, 0.1) is 0 Å². The maximum atomic E-state index is 6.58. The van der Waals surface area contributed by atoms with Gasteiger partial charge in [0.15, 0.2) is 5.84 Å². The third kappa shape index (κ3) is 4.26. The number of rotatable bonds is 3. The molecular weight excluding hydrogens is 619 g/mol. The topological polar surface area (TPSA) is 46.8 Å². The molecule has 10 rings (SSSR count). The molecule has 4 nitrogen and oxygen atoms in total. The molecule has 49 heavy (non-hydrogen) atoms. The first-order valence-corrected chi connectivity index (χ1v) is 17.2. The van der Waals surface area contributed by atoms with Gasteiger partial charge in [-0.1, -0.05) is 121 Å². The second-order valence-corrected chi connectivity index (χ2v) is 13.4. The number of aliphatic imine (C=N–C) groups is 2. The lowest BCUT2D eigenvalue weighted by molar-refractivity contribution is 0.448. The SMILES string of the molecule is C=NC(=N/C(=C1\Cc2ccccc2O1)c1cccc2ccccc12)c1nc2ccccc2c2c3ccccc3c3sc4ccccc4c3c12. The molecule has 0 fully saturated rings. The summed E-state index contributed by atoms with van der Waals surface area (Å²) in [7, 11) is 0. The standard InChI is InChI=1S/C44H27N3OS/c1-45-44(47-41(36-25-27-14-3-10-23-35(27)48-36)30-21-12-15-26-13-2-4-16-28(26)30)42-40-38(32-19-7-9-22-34(32)46-42)29-17-5-6-18-31(29)43-39(40)33-20-8-11-24-37(33)49-43/h2-24H,1,25H2/b41-36+,47-44?. The van der Waals surface area contributed by atoms with Crippen molar-refractivity contribution in [1.29, 1.82) is 0 Å². The summed E-state index contributed by atoms with van der Waals surface area (Å²) in [5.41, 5.74) is 4.42. The number of para-hydroxylation sites is 2. The zero-order chi connectivity index (χ0) is 32.5. The van der Waals surface area contributed by atoms with E-state index in [1.54, 1.807) is 0 Å². The number of aromatic nitrogens is 1. The Morgan fingerprint density at radius 3 is 2.18 bits per heavy atom. The highest BCUT2D eigenvalue weighted by Gasteiger charge is 2.26. The number of amidine groups is 1. The Kier molecular flexibility index (Phi) is 6.23. The van der Waals surface area contributed by atoms with Gasteiger partial charge >= 0.3 is 0 Å². The number of allylic oxidation sites excluding steroid dienone is 1. The van der Waals surface area contributed by atoms with Crippen LogP contribution in [0.15, 0.2) is 155 Å². The van der Waals surface area contributed by atoms with E-state index in [-0.39, 0.29) is 0 Å². The average molecular weight is 646 g/mol. The molecule has 3 heterocycles. The van der Waals surface area contributed by atoms with Gasteiger partial charge in [-0.25, -0.2) is 15.0 Å². The van der Waals surface area contributed by atoms with Crippen LogP contribution in [0.2, 0.25) is 0 Å². The Morgan fingerprint density at radius 1 is 0.633 bits per heavy atom. The summed E-state index contributed by atoms with van der Waals surface area (Å²) < 4.78 is 9.04. The Morgan fingerprint density at radius 2 is 1.33 bits per heavy atom. The molecule has 5 heteroatoms. The highest BCUT2D eigenvalue weighted by atomic mass is 32.1. The van der Waals surface area contributed by atoms with Crippen LogP contribution < -0.4 is 4.74 Å². The molecule has 1 aliphatic heterocycles. The predicted molar refractivity (Wildman–Crippen MR) is 207 cm³/mol. The largest absolute Gasteiger partial charge is 0.459 e. The van der Waals surface area contributed by atoms with Crippen molar-refractivity contribution in [3.05, 3.63) is 162 Å². The average Bonchev–Trinajstić information content (AvgIpc) is 3.77. The number of ether oxygens (including phenoxy) is 1.